The fourth-order valence-electron chi connectivity index (χ4n) is 1.67. The third kappa shape index (κ3) is 7.45. The van der Waals surface area contributed by atoms with Gasteiger partial charge in [-0.1, -0.05) is 6.92 Å². The third-order valence-corrected chi connectivity index (χ3v) is 4.96. The van der Waals surface area contributed by atoms with Gasteiger partial charge in [-0.25, -0.2) is 22.0 Å². The van der Waals surface area contributed by atoms with Crippen molar-refractivity contribution >= 4 is 19.9 Å². The van der Waals surface area contributed by atoms with Crippen LogP contribution in [0.3, 0.4) is 0 Å². The van der Waals surface area contributed by atoms with Gasteiger partial charge in [-0.3, -0.25) is 0 Å². The molecule has 0 spiro atoms. The average Bonchev–Trinajstić information content (AvgIpc) is 2.35. The Labute approximate surface area is 126 Å². The number of sulfonamides is 1. The minimum Gasteiger partial charge on any atom is -0.494 e. The molecule has 0 fully saturated rings. The summed E-state index contributed by atoms with van der Waals surface area (Å²) in [6.45, 7) is 2.37. The Kier molecular flexibility index (Phi) is 6.18. The molecule has 0 aliphatic carbocycles. The van der Waals surface area contributed by atoms with Crippen LogP contribution >= 0.6 is 0 Å². The lowest BCUT2D eigenvalue weighted by Crippen LogP contribution is -2.18. The second kappa shape index (κ2) is 7.24. The standard InChI is InChI=1S/C13H21NO5S2/c1-11(8-10-21(14,17)18)7-9-19-12-3-5-13(6-4-12)20(2,15)16/h3-6,11H,7-10H2,1-2H3,(H2,14,17,18). The predicted molar refractivity (Wildman–Crippen MR) is 81.4 cm³/mol. The lowest BCUT2D eigenvalue weighted by Gasteiger charge is -2.12. The quantitative estimate of drug-likeness (QED) is 0.768. The van der Waals surface area contributed by atoms with E-state index in [9.17, 15) is 16.8 Å². The smallest absolute Gasteiger partial charge is 0.209 e. The monoisotopic (exact) mass is 335 g/mol. The number of sulfone groups is 1. The Balaban J connectivity index is 2.39. The molecule has 1 atom stereocenters. The zero-order chi connectivity index (χ0) is 16.1. The number of benzene rings is 1. The van der Waals surface area contributed by atoms with Crippen molar-refractivity contribution in [3.8, 4) is 5.75 Å². The Morgan fingerprint density at radius 3 is 2.14 bits per heavy atom. The lowest BCUT2D eigenvalue weighted by molar-refractivity contribution is 0.281. The highest BCUT2D eigenvalue weighted by atomic mass is 32.2. The number of hydrogen-bond acceptors (Lipinski definition) is 5. The molecule has 6 nitrogen and oxygen atoms in total. The Morgan fingerprint density at radius 1 is 1.10 bits per heavy atom. The maximum atomic E-state index is 11.3. The summed E-state index contributed by atoms with van der Waals surface area (Å²) in [6.07, 6.45) is 2.34. The third-order valence-electron chi connectivity index (χ3n) is 3.03. The largest absolute Gasteiger partial charge is 0.494 e. The molecule has 0 aliphatic heterocycles. The fraction of sp³-hybridized carbons (Fsp3) is 0.538. The maximum absolute atomic E-state index is 11.3. The number of primary sulfonamides is 1. The average molecular weight is 335 g/mol. The van der Waals surface area contributed by atoms with Crippen LogP contribution in [-0.2, 0) is 19.9 Å². The van der Waals surface area contributed by atoms with E-state index in [-0.39, 0.29) is 16.6 Å². The van der Waals surface area contributed by atoms with Gasteiger partial charge in [0.25, 0.3) is 0 Å². The summed E-state index contributed by atoms with van der Waals surface area (Å²) >= 11 is 0. The van der Waals surface area contributed by atoms with Crippen LogP contribution in [0.2, 0.25) is 0 Å². The summed E-state index contributed by atoms with van der Waals surface area (Å²) < 4.78 is 49.8. The van der Waals surface area contributed by atoms with Gasteiger partial charge < -0.3 is 4.74 Å². The fourth-order valence-corrected chi connectivity index (χ4v) is 3.03. The maximum Gasteiger partial charge on any atom is 0.209 e. The van der Waals surface area contributed by atoms with Gasteiger partial charge in [-0.2, -0.15) is 0 Å². The molecule has 1 unspecified atom stereocenters. The van der Waals surface area contributed by atoms with E-state index in [4.69, 9.17) is 9.88 Å². The highest BCUT2D eigenvalue weighted by Crippen LogP contribution is 2.17. The van der Waals surface area contributed by atoms with Crippen molar-refractivity contribution in [2.45, 2.75) is 24.7 Å². The molecule has 1 aromatic carbocycles. The van der Waals surface area contributed by atoms with Crippen LogP contribution in [0.4, 0.5) is 0 Å². The van der Waals surface area contributed by atoms with Gasteiger partial charge in [0, 0.05) is 6.26 Å². The molecule has 0 saturated carbocycles. The van der Waals surface area contributed by atoms with Gasteiger partial charge in [0.1, 0.15) is 5.75 Å². The zero-order valence-electron chi connectivity index (χ0n) is 12.2. The van der Waals surface area contributed by atoms with Crippen LogP contribution in [-0.4, -0.2) is 35.5 Å². The molecule has 1 rings (SSSR count). The molecule has 0 saturated heterocycles. The van der Waals surface area contributed by atoms with Crippen molar-refractivity contribution in [1.82, 2.24) is 0 Å². The number of nitrogens with two attached hydrogens (primary N) is 1. The molecule has 0 aliphatic rings. The van der Waals surface area contributed by atoms with Gasteiger partial charge >= 0.3 is 0 Å². The summed E-state index contributed by atoms with van der Waals surface area (Å²) in [5, 5.41) is 4.94. The molecule has 120 valence electrons. The first-order chi connectivity index (χ1) is 9.58. The second-order valence-corrected chi connectivity index (χ2v) is 8.89. The molecule has 1 aromatic rings. The van der Waals surface area contributed by atoms with E-state index in [0.717, 1.165) is 6.26 Å². The highest BCUT2D eigenvalue weighted by Gasteiger charge is 2.09. The van der Waals surface area contributed by atoms with Crippen molar-refractivity contribution in [1.29, 1.82) is 0 Å². The van der Waals surface area contributed by atoms with E-state index in [0.29, 0.717) is 25.2 Å². The molecule has 0 bridgehead atoms. The Morgan fingerprint density at radius 2 is 1.67 bits per heavy atom. The molecule has 0 radical (unpaired) electrons. The topological polar surface area (TPSA) is 104 Å². The zero-order valence-corrected chi connectivity index (χ0v) is 13.8. The van der Waals surface area contributed by atoms with Crippen LogP contribution in [0.25, 0.3) is 0 Å². The van der Waals surface area contributed by atoms with Crippen molar-refractivity contribution in [2.75, 3.05) is 18.6 Å². The summed E-state index contributed by atoms with van der Waals surface area (Å²) in [7, 11) is -6.61. The molecule has 8 heteroatoms. The lowest BCUT2D eigenvalue weighted by atomic mass is 10.1. The minimum atomic E-state index is -3.41. The number of rotatable bonds is 8. The Hall–Kier alpha value is -1.12. The minimum absolute atomic E-state index is 0.0305. The SMILES string of the molecule is CC(CCOc1ccc(S(C)(=O)=O)cc1)CCS(N)(=O)=O. The van der Waals surface area contributed by atoms with Crippen molar-refractivity contribution in [3.05, 3.63) is 24.3 Å². The molecule has 2 N–H and O–H groups in total. The molecule has 0 aromatic heterocycles. The molecular weight excluding hydrogens is 314 g/mol. The predicted octanol–water partition coefficient (Wildman–Crippen LogP) is 1.17. The molecule has 0 amide bonds. The number of hydrogen-bond donors (Lipinski definition) is 1. The van der Waals surface area contributed by atoms with Gasteiger partial charge in [-0.05, 0) is 43.0 Å². The van der Waals surface area contributed by atoms with Gasteiger partial charge in [0.15, 0.2) is 9.84 Å². The van der Waals surface area contributed by atoms with Gasteiger partial charge in [0.05, 0.1) is 17.3 Å². The van der Waals surface area contributed by atoms with Crippen molar-refractivity contribution in [2.24, 2.45) is 11.1 Å². The first-order valence-corrected chi connectivity index (χ1v) is 10.1. The molecular formula is C13H21NO5S2. The van der Waals surface area contributed by atoms with E-state index in [1.807, 2.05) is 6.92 Å². The van der Waals surface area contributed by atoms with E-state index >= 15 is 0 Å². The van der Waals surface area contributed by atoms with Crippen LogP contribution < -0.4 is 9.88 Å². The summed E-state index contributed by atoms with van der Waals surface area (Å²) in [4.78, 5) is 0.247. The summed E-state index contributed by atoms with van der Waals surface area (Å²) in [6, 6.07) is 6.20. The van der Waals surface area contributed by atoms with E-state index in [2.05, 4.69) is 0 Å². The van der Waals surface area contributed by atoms with E-state index in [1.54, 1.807) is 12.1 Å². The van der Waals surface area contributed by atoms with Crippen molar-refractivity contribution in [3.63, 3.8) is 0 Å². The van der Waals surface area contributed by atoms with Crippen LogP contribution in [0.1, 0.15) is 19.8 Å². The van der Waals surface area contributed by atoms with Crippen LogP contribution in [0, 0.1) is 5.92 Å². The normalized spacial score (nSPS) is 13.9. The number of ether oxygens (including phenoxy) is 1. The summed E-state index contributed by atoms with van der Waals surface area (Å²) in [5.74, 6) is 0.733. The Bertz CT molecular complexity index is 650. The van der Waals surface area contributed by atoms with Crippen LogP contribution in [0.15, 0.2) is 29.2 Å². The van der Waals surface area contributed by atoms with E-state index in [1.165, 1.54) is 12.1 Å². The van der Waals surface area contributed by atoms with E-state index < -0.39 is 19.9 Å². The molecule has 0 heterocycles. The molecule has 21 heavy (non-hydrogen) atoms. The second-order valence-electron chi connectivity index (χ2n) is 5.14. The first kappa shape index (κ1) is 17.9. The summed E-state index contributed by atoms with van der Waals surface area (Å²) in [5.41, 5.74) is 0. The first-order valence-electron chi connectivity index (χ1n) is 6.51. The van der Waals surface area contributed by atoms with Crippen molar-refractivity contribution < 1.29 is 21.6 Å². The van der Waals surface area contributed by atoms with Gasteiger partial charge in [-0.15, -0.1) is 0 Å². The van der Waals surface area contributed by atoms with Crippen LogP contribution in [0.5, 0.6) is 5.75 Å². The highest BCUT2D eigenvalue weighted by molar-refractivity contribution is 7.90. The van der Waals surface area contributed by atoms with Gasteiger partial charge in [0.2, 0.25) is 10.0 Å².